The average molecular weight is 350 g/mol. The summed E-state index contributed by atoms with van der Waals surface area (Å²) in [4.78, 5) is 19.2. The number of rotatable bonds is 4. The van der Waals surface area contributed by atoms with E-state index in [0.717, 1.165) is 47.3 Å². The second-order valence-corrected chi connectivity index (χ2v) is 6.76. The highest BCUT2D eigenvalue weighted by molar-refractivity contribution is 5.88. The second kappa shape index (κ2) is 6.78. The quantitative estimate of drug-likeness (QED) is 0.726. The monoisotopic (exact) mass is 350 g/mol. The highest BCUT2D eigenvalue weighted by Gasteiger charge is 2.27. The molecule has 1 atom stereocenters. The number of amides is 1. The lowest BCUT2D eigenvalue weighted by Gasteiger charge is -2.27. The second-order valence-electron chi connectivity index (χ2n) is 6.76. The van der Waals surface area contributed by atoms with E-state index in [1.165, 1.54) is 0 Å². The molecule has 0 saturated carbocycles. The number of aryl methyl sites for hydroxylation is 1. The minimum Gasteiger partial charge on any atom is -0.494 e. The van der Waals surface area contributed by atoms with Gasteiger partial charge in [-0.1, -0.05) is 12.1 Å². The summed E-state index contributed by atoms with van der Waals surface area (Å²) in [5, 5.41) is 5.31. The highest BCUT2D eigenvalue weighted by Crippen LogP contribution is 2.28. The van der Waals surface area contributed by atoms with E-state index in [1.54, 1.807) is 13.3 Å². The maximum absolute atomic E-state index is 12.9. The van der Waals surface area contributed by atoms with Crippen LogP contribution in [0.2, 0.25) is 0 Å². The summed E-state index contributed by atoms with van der Waals surface area (Å²) < 4.78 is 7.40. The van der Waals surface area contributed by atoms with E-state index in [9.17, 15) is 4.79 Å². The van der Waals surface area contributed by atoms with Crippen LogP contribution >= 0.6 is 0 Å². The van der Waals surface area contributed by atoms with Crippen LogP contribution in [0.5, 0.6) is 5.75 Å². The van der Waals surface area contributed by atoms with Crippen LogP contribution in [0.1, 0.15) is 17.7 Å². The van der Waals surface area contributed by atoms with Crippen molar-refractivity contribution in [2.45, 2.75) is 25.9 Å². The van der Waals surface area contributed by atoms with Gasteiger partial charge in [0, 0.05) is 55.9 Å². The van der Waals surface area contributed by atoms with Gasteiger partial charge in [-0.05, 0) is 30.2 Å². The molecule has 26 heavy (non-hydrogen) atoms. The Morgan fingerprint density at radius 2 is 2.19 bits per heavy atom. The number of carbonyl (C=O) groups excluding carboxylic acids is 1. The molecule has 0 spiro atoms. The zero-order valence-electron chi connectivity index (χ0n) is 15.1. The van der Waals surface area contributed by atoms with Gasteiger partial charge in [-0.15, -0.1) is 0 Å². The molecule has 1 aliphatic heterocycles. The molecule has 1 aromatic carbocycles. The maximum Gasteiger partial charge on any atom is 0.226 e. The van der Waals surface area contributed by atoms with Gasteiger partial charge in [-0.2, -0.15) is 5.10 Å². The van der Waals surface area contributed by atoms with Gasteiger partial charge < -0.3 is 9.64 Å². The molecule has 0 bridgehead atoms. The fourth-order valence-corrected chi connectivity index (χ4v) is 3.73. The zero-order valence-corrected chi connectivity index (χ0v) is 15.1. The van der Waals surface area contributed by atoms with Crippen LogP contribution in [0, 0.1) is 5.92 Å². The number of carbonyl (C=O) groups is 1. The van der Waals surface area contributed by atoms with Crippen molar-refractivity contribution in [1.82, 2.24) is 19.7 Å². The number of methoxy groups -OCH3 is 1. The number of ether oxygens (including phenoxy) is 1. The van der Waals surface area contributed by atoms with Crippen LogP contribution < -0.4 is 4.74 Å². The first-order valence-corrected chi connectivity index (χ1v) is 8.83. The molecular formula is C20H22N4O2. The molecule has 0 N–H and O–H groups in total. The van der Waals surface area contributed by atoms with Crippen molar-refractivity contribution >= 4 is 16.8 Å². The Morgan fingerprint density at radius 3 is 3.04 bits per heavy atom. The molecule has 0 fully saturated rings. The van der Waals surface area contributed by atoms with Crippen molar-refractivity contribution in [1.29, 1.82) is 0 Å². The number of fused-ring (bicyclic) bond motifs is 2. The molecule has 0 aliphatic carbocycles. The Morgan fingerprint density at radius 1 is 1.31 bits per heavy atom. The normalized spacial score (nSPS) is 16.3. The van der Waals surface area contributed by atoms with Gasteiger partial charge in [-0.25, -0.2) is 0 Å². The fourth-order valence-electron chi connectivity index (χ4n) is 3.73. The van der Waals surface area contributed by atoms with Gasteiger partial charge in [0.1, 0.15) is 11.3 Å². The van der Waals surface area contributed by atoms with E-state index in [0.29, 0.717) is 6.54 Å². The van der Waals surface area contributed by atoms with Crippen LogP contribution in [0.25, 0.3) is 10.9 Å². The molecule has 0 radical (unpaired) electrons. The van der Waals surface area contributed by atoms with Crippen molar-refractivity contribution in [2.24, 2.45) is 5.92 Å². The molecule has 6 nitrogen and oxygen atoms in total. The summed E-state index contributed by atoms with van der Waals surface area (Å²) in [5.41, 5.74) is 3.04. The van der Waals surface area contributed by atoms with Gasteiger partial charge in [-0.3, -0.25) is 14.5 Å². The molecule has 3 heterocycles. The number of hydrogen-bond donors (Lipinski definition) is 0. The molecule has 1 unspecified atom stereocenters. The summed E-state index contributed by atoms with van der Waals surface area (Å²) >= 11 is 0. The molecule has 134 valence electrons. The van der Waals surface area contributed by atoms with Crippen LogP contribution in [-0.2, 0) is 24.3 Å². The highest BCUT2D eigenvalue weighted by atomic mass is 16.5. The molecule has 2 aromatic heterocycles. The SMILES string of the molecule is COc1ccc(CN(C)C(=O)C2CCn3nccc3C2)c2cccnc12. The fraction of sp³-hybridized carbons (Fsp3) is 0.350. The average Bonchev–Trinajstić information content (AvgIpc) is 3.15. The number of hydrogen-bond acceptors (Lipinski definition) is 4. The molecule has 1 aliphatic rings. The number of benzene rings is 1. The minimum absolute atomic E-state index is 0.0202. The number of aromatic nitrogens is 3. The Hall–Kier alpha value is -2.89. The van der Waals surface area contributed by atoms with Gasteiger partial charge in [0.15, 0.2) is 0 Å². The zero-order chi connectivity index (χ0) is 18.1. The van der Waals surface area contributed by atoms with Crippen LogP contribution in [0.4, 0.5) is 0 Å². The van der Waals surface area contributed by atoms with E-state index in [1.807, 2.05) is 53.2 Å². The van der Waals surface area contributed by atoms with E-state index < -0.39 is 0 Å². The minimum atomic E-state index is 0.0202. The molecular weight excluding hydrogens is 328 g/mol. The summed E-state index contributed by atoms with van der Waals surface area (Å²) in [5.74, 6) is 0.955. The van der Waals surface area contributed by atoms with E-state index in [4.69, 9.17) is 4.74 Å². The van der Waals surface area contributed by atoms with Crippen LogP contribution in [0.3, 0.4) is 0 Å². The molecule has 4 rings (SSSR count). The standard InChI is InChI=1S/C20H22N4O2/c1-23(20(25)14-8-11-24-16(12-14)7-10-22-24)13-15-5-6-18(26-2)19-17(15)4-3-9-21-19/h3-7,9-10,14H,8,11-13H2,1-2H3. The molecule has 6 heteroatoms. The Labute approximate surface area is 152 Å². The largest absolute Gasteiger partial charge is 0.494 e. The first-order chi connectivity index (χ1) is 12.7. The smallest absolute Gasteiger partial charge is 0.226 e. The summed E-state index contributed by atoms with van der Waals surface area (Å²) in [7, 11) is 3.52. The van der Waals surface area contributed by atoms with Gasteiger partial charge in [0.05, 0.1) is 7.11 Å². The molecule has 3 aromatic rings. The van der Waals surface area contributed by atoms with E-state index in [-0.39, 0.29) is 11.8 Å². The summed E-state index contributed by atoms with van der Waals surface area (Å²) in [6.07, 6.45) is 5.16. The lowest BCUT2D eigenvalue weighted by atomic mass is 9.94. The van der Waals surface area contributed by atoms with Crippen molar-refractivity contribution in [3.8, 4) is 5.75 Å². The summed E-state index contributed by atoms with van der Waals surface area (Å²) in [6, 6.07) is 9.87. The van der Waals surface area contributed by atoms with Crippen molar-refractivity contribution in [3.63, 3.8) is 0 Å². The first kappa shape index (κ1) is 16.6. The van der Waals surface area contributed by atoms with E-state index >= 15 is 0 Å². The predicted molar refractivity (Wildman–Crippen MR) is 98.8 cm³/mol. The van der Waals surface area contributed by atoms with E-state index in [2.05, 4.69) is 10.1 Å². The lowest BCUT2D eigenvalue weighted by molar-refractivity contribution is -0.135. The Balaban J connectivity index is 1.54. The number of pyridine rings is 1. The van der Waals surface area contributed by atoms with Gasteiger partial charge in [0.25, 0.3) is 0 Å². The van der Waals surface area contributed by atoms with Crippen LogP contribution in [-0.4, -0.2) is 39.7 Å². The lowest BCUT2D eigenvalue weighted by Crippen LogP contribution is -2.36. The predicted octanol–water partition coefficient (Wildman–Crippen LogP) is 2.66. The van der Waals surface area contributed by atoms with Gasteiger partial charge >= 0.3 is 0 Å². The third kappa shape index (κ3) is 2.92. The molecule has 0 saturated heterocycles. The topological polar surface area (TPSA) is 60.2 Å². The Kier molecular flexibility index (Phi) is 4.32. The van der Waals surface area contributed by atoms with Crippen molar-refractivity contribution in [3.05, 3.63) is 54.0 Å². The summed E-state index contributed by atoms with van der Waals surface area (Å²) in [6.45, 7) is 1.36. The first-order valence-electron chi connectivity index (χ1n) is 8.83. The van der Waals surface area contributed by atoms with Crippen molar-refractivity contribution in [2.75, 3.05) is 14.2 Å². The van der Waals surface area contributed by atoms with Gasteiger partial charge in [0.2, 0.25) is 5.91 Å². The molecule has 1 amide bonds. The third-order valence-corrected chi connectivity index (χ3v) is 5.13. The van der Waals surface area contributed by atoms with Crippen molar-refractivity contribution < 1.29 is 9.53 Å². The van der Waals surface area contributed by atoms with Crippen LogP contribution in [0.15, 0.2) is 42.7 Å². The maximum atomic E-state index is 12.9. The third-order valence-electron chi connectivity index (χ3n) is 5.13. The Bertz CT molecular complexity index is 950. The number of nitrogens with zero attached hydrogens (tertiary/aromatic N) is 4.